The highest BCUT2D eigenvalue weighted by Crippen LogP contribution is 2.26. The van der Waals surface area contributed by atoms with E-state index >= 15 is 0 Å². The second-order valence-corrected chi connectivity index (χ2v) is 4.17. The Morgan fingerprint density at radius 3 is 2.76 bits per heavy atom. The van der Waals surface area contributed by atoms with E-state index in [1.807, 2.05) is 12.1 Å². The maximum absolute atomic E-state index is 11.5. The number of esters is 1. The lowest BCUT2D eigenvalue weighted by molar-refractivity contribution is 0.0593. The average molecular weight is 288 g/mol. The fourth-order valence-corrected chi connectivity index (χ4v) is 1.73. The van der Waals surface area contributed by atoms with E-state index < -0.39 is 5.97 Å². The second kappa shape index (κ2) is 7.23. The number of nitrogens with zero attached hydrogens (tertiary/aromatic N) is 2. The molecule has 2 aromatic heterocycles. The van der Waals surface area contributed by atoms with Crippen LogP contribution >= 0.6 is 0 Å². The number of pyridine rings is 2. The third kappa shape index (κ3) is 3.92. The smallest absolute Gasteiger partial charge is 0.356 e. The predicted molar refractivity (Wildman–Crippen MR) is 75.6 cm³/mol. The SMILES string of the molecule is COC(=O)c1cc(OCCc2cccnc2)c(OC)cn1. The van der Waals surface area contributed by atoms with Crippen molar-refractivity contribution in [1.82, 2.24) is 9.97 Å². The molecule has 6 heteroatoms. The van der Waals surface area contributed by atoms with E-state index in [9.17, 15) is 4.79 Å². The van der Waals surface area contributed by atoms with E-state index in [1.165, 1.54) is 26.5 Å². The molecule has 2 rings (SSSR count). The van der Waals surface area contributed by atoms with Gasteiger partial charge >= 0.3 is 5.97 Å². The summed E-state index contributed by atoms with van der Waals surface area (Å²) < 4.78 is 15.5. The molecule has 2 aromatic rings. The molecular formula is C15H16N2O4. The summed E-state index contributed by atoms with van der Waals surface area (Å²) in [5.41, 5.74) is 1.24. The van der Waals surface area contributed by atoms with Crippen molar-refractivity contribution in [1.29, 1.82) is 0 Å². The first-order valence-corrected chi connectivity index (χ1v) is 6.38. The van der Waals surface area contributed by atoms with Gasteiger partial charge < -0.3 is 14.2 Å². The molecule has 6 nitrogen and oxygen atoms in total. The van der Waals surface area contributed by atoms with Crippen LogP contribution in [0.5, 0.6) is 11.5 Å². The number of hydrogen-bond donors (Lipinski definition) is 0. The van der Waals surface area contributed by atoms with Gasteiger partial charge in [-0.3, -0.25) is 4.98 Å². The Labute approximate surface area is 122 Å². The van der Waals surface area contributed by atoms with Gasteiger partial charge in [0.05, 0.1) is 27.0 Å². The Kier molecular flexibility index (Phi) is 5.09. The fourth-order valence-electron chi connectivity index (χ4n) is 1.73. The summed E-state index contributed by atoms with van der Waals surface area (Å²) in [5, 5.41) is 0. The summed E-state index contributed by atoms with van der Waals surface area (Å²) in [5.74, 6) is 0.403. The highest BCUT2D eigenvalue weighted by molar-refractivity contribution is 5.87. The Bertz CT molecular complexity index is 602. The minimum atomic E-state index is -0.519. The standard InChI is InChI=1S/C15H16N2O4/c1-19-14-10-17-12(15(18)20-2)8-13(14)21-7-5-11-4-3-6-16-9-11/h3-4,6,8-10H,5,7H2,1-2H3. The normalized spacial score (nSPS) is 10.0. The lowest BCUT2D eigenvalue weighted by Crippen LogP contribution is -2.07. The van der Waals surface area contributed by atoms with Gasteiger partial charge in [0.15, 0.2) is 17.2 Å². The van der Waals surface area contributed by atoms with Crippen molar-refractivity contribution in [3.05, 3.63) is 48.0 Å². The van der Waals surface area contributed by atoms with Crippen LogP contribution in [0.15, 0.2) is 36.8 Å². The largest absolute Gasteiger partial charge is 0.491 e. The Morgan fingerprint density at radius 1 is 1.24 bits per heavy atom. The first kappa shape index (κ1) is 14.8. The highest BCUT2D eigenvalue weighted by Gasteiger charge is 2.13. The maximum Gasteiger partial charge on any atom is 0.356 e. The van der Waals surface area contributed by atoms with Gasteiger partial charge in [0.25, 0.3) is 0 Å². The van der Waals surface area contributed by atoms with Crippen molar-refractivity contribution in [2.24, 2.45) is 0 Å². The van der Waals surface area contributed by atoms with Gasteiger partial charge in [0.1, 0.15) is 0 Å². The van der Waals surface area contributed by atoms with E-state index in [1.54, 1.807) is 12.4 Å². The molecule has 0 atom stereocenters. The minimum absolute atomic E-state index is 0.176. The predicted octanol–water partition coefficient (Wildman–Crippen LogP) is 1.89. The van der Waals surface area contributed by atoms with Crippen LogP contribution in [0.25, 0.3) is 0 Å². The molecule has 0 saturated carbocycles. The zero-order chi connectivity index (χ0) is 15.1. The van der Waals surface area contributed by atoms with Gasteiger partial charge in [-0.25, -0.2) is 9.78 Å². The quantitative estimate of drug-likeness (QED) is 0.756. The molecule has 0 saturated heterocycles. The molecule has 0 N–H and O–H groups in total. The highest BCUT2D eigenvalue weighted by atomic mass is 16.5. The topological polar surface area (TPSA) is 70.5 Å². The second-order valence-electron chi connectivity index (χ2n) is 4.17. The maximum atomic E-state index is 11.5. The molecule has 110 valence electrons. The molecule has 21 heavy (non-hydrogen) atoms. The summed E-state index contributed by atoms with van der Waals surface area (Å²) in [6.07, 6.45) is 5.64. The van der Waals surface area contributed by atoms with Crippen molar-refractivity contribution in [3.8, 4) is 11.5 Å². The van der Waals surface area contributed by atoms with Crippen LogP contribution in [-0.2, 0) is 11.2 Å². The lowest BCUT2D eigenvalue weighted by Gasteiger charge is -2.11. The zero-order valence-corrected chi connectivity index (χ0v) is 11.9. The summed E-state index contributed by atoms with van der Waals surface area (Å²) in [6, 6.07) is 5.35. The average Bonchev–Trinajstić information content (AvgIpc) is 2.55. The van der Waals surface area contributed by atoms with Crippen LogP contribution in [-0.4, -0.2) is 36.8 Å². The van der Waals surface area contributed by atoms with Gasteiger partial charge in [-0.15, -0.1) is 0 Å². The summed E-state index contributed by atoms with van der Waals surface area (Å²) >= 11 is 0. The Morgan fingerprint density at radius 2 is 2.10 bits per heavy atom. The zero-order valence-electron chi connectivity index (χ0n) is 11.9. The van der Waals surface area contributed by atoms with Crippen LogP contribution in [0.3, 0.4) is 0 Å². The monoisotopic (exact) mass is 288 g/mol. The molecule has 0 amide bonds. The van der Waals surface area contributed by atoms with Crippen LogP contribution in [0.4, 0.5) is 0 Å². The van der Waals surface area contributed by atoms with Crippen molar-refractivity contribution in [3.63, 3.8) is 0 Å². The summed E-state index contributed by atoms with van der Waals surface area (Å²) in [6.45, 7) is 0.437. The number of rotatable bonds is 6. The van der Waals surface area contributed by atoms with Crippen LogP contribution in [0, 0.1) is 0 Å². The molecule has 0 fully saturated rings. The number of carbonyl (C=O) groups is 1. The molecule has 2 heterocycles. The molecule has 0 aliphatic rings. The van der Waals surface area contributed by atoms with Crippen molar-refractivity contribution < 1.29 is 19.0 Å². The van der Waals surface area contributed by atoms with Gasteiger partial charge in [-0.1, -0.05) is 6.07 Å². The third-order valence-corrected chi connectivity index (χ3v) is 2.82. The van der Waals surface area contributed by atoms with Gasteiger partial charge in [-0.05, 0) is 11.6 Å². The van der Waals surface area contributed by atoms with Crippen LogP contribution in [0.1, 0.15) is 16.1 Å². The summed E-state index contributed by atoms with van der Waals surface area (Å²) in [4.78, 5) is 19.5. The number of carbonyl (C=O) groups excluding carboxylic acids is 1. The van der Waals surface area contributed by atoms with Gasteiger partial charge in [0.2, 0.25) is 0 Å². The molecule has 0 aliphatic carbocycles. The van der Waals surface area contributed by atoms with Crippen LogP contribution < -0.4 is 9.47 Å². The summed E-state index contributed by atoms with van der Waals surface area (Å²) in [7, 11) is 2.82. The first-order chi connectivity index (χ1) is 10.2. The number of aromatic nitrogens is 2. The third-order valence-electron chi connectivity index (χ3n) is 2.82. The molecule has 0 aliphatic heterocycles. The minimum Gasteiger partial charge on any atom is -0.491 e. The fraction of sp³-hybridized carbons (Fsp3) is 0.267. The van der Waals surface area contributed by atoms with Crippen molar-refractivity contribution >= 4 is 5.97 Å². The Hall–Kier alpha value is -2.63. The Balaban J connectivity index is 2.05. The van der Waals surface area contributed by atoms with Crippen molar-refractivity contribution in [2.75, 3.05) is 20.8 Å². The first-order valence-electron chi connectivity index (χ1n) is 6.38. The lowest BCUT2D eigenvalue weighted by atomic mass is 10.2. The number of ether oxygens (including phenoxy) is 3. The molecule has 0 spiro atoms. The number of hydrogen-bond acceptors (Lipinski definition) is 6. The van der Waals surface area contributed by atoms with E-state index in [4.69, 9.17) is 9.47 Å². The number of methoxy groups -OCH3 is 2. The van der Waals surface area contributed by atoms with E-state index in [2.05, 4.69) is 14.7 Å². The van der Waals surface area contributed by atoms with E-state index in [-0.39, 0.29) is 5.69 Å². The molecule has 0 radical (unpaired) electrons. The molecule has 0 unspecified atom stereocenters. The molecule has 0 bridgehead atoms. The van der Waals surface area contributed by atoms with Crippen molar-refractivity contribution in [2.45, 2.75) is 6.42 Å². The van der Waals surface area contributed by atoms with Crippen LogP contribution in [0.2, 0.25) is 0 Å². The van der Waals surface area contributed by atoms with Gasteiger partial charge in [-0.2, -0.15) is 0 Å². The van der Waals surface area contributed by atoms with E-state index in [0.29, 0.717) is 24.5 Å². The van der Waals surface area contributed by atoms with Gasteiger partial charge in [0, 0.05) is 24.9 Å². The molecular weight excluding hydrogens is 272 g/mol. The van der Waals surface area contributed by atoms with E-state index in [0.717, 1.165) is 5.56 Å². The molecule has 0 aromatic carbocycles.